The summed E-state index contributed by atoms with van der Waals surface area (Å²) in [5.74, 6) is -1.14. The number of hydrogen-bond acceptors (Lipinski definition) is 3. The van der Waals surface area contributed by atoms with Crippen molar-refractivity contribution in [1.82, 2.24) is 10.2 Å². The lowest BCUT2D eigenvalue weighted by Gasteiger charge is -2.41. The van der Waals surface area contributed by atoms with Crippen molar-refractivity contribution in [2.24, 2.45) is 5.92 Å². The van der Waals surface area contributed by atoms with Gasteiger partial charge in [-0.3, -0.25) is 19.7 Å². The molecule has 0 bridgehead atoms. The predicted molar refractivity (Wildman–Crippen MR) is 58.4 cm³/mol. The van der Waals surface area contributed by atoms with E-state index < -0.39 is 17.4 Å². The molecular formula is C11H18N2O3. The summed E-state index contributed by atoms with van der Waals surface area (Å²) < 4.78 is 0. The second-order valence-corrected chi connectivity index (χ2v) is 4.67. The first-order chi connectivity index (χ1) is 7.30. The average molecular weight is 226 g/mol. The Bertz CT molecular complexity index is 336. The largest absolute Gasteiger partial charge is 0.319 e. The Morgan fingerprint density at radius 3 is 2.56 bits per heavy atom. The van der Waals surface area contributed by atoms with Crippen LogP contribution in [0, 0.1) is 5.92 Å². The van der Waals surface area contributed by atoms with Crippen LogP contribution in [0.5, 0.6) is 0 Å². The molecular weight excluding hydrogens is 208 g/mol. The zero-order valence-corrected chi connectivity index (χ0v) is 10.2. The Labute approximate surface area is 95.2 Å². The van der Waals surface area contributed by atoms with Gasteiger partial charge in [-0.05, 0) is 20.3 Å². The van der Waals surface area contributed by atoms with Crippen LogP contribution in [0.4, 0.5) is 0 Å². The molecule has 3 amide bonds. The van der Waals surface area contributed by atoms with Gasteiger partial charge in [-0.2, -0.15) is 0 Å². The molecule has 1 atom stereocenters. The maximum Gasteiger partial charge on any atom is 0.252 e. The van der Waals surface area contributed by atoms with Crippen molar-refractivity contribution in [3.05, 3.63) is 0 Å². The fraction of sp³-hybridized carbons (Fsp3) is 0.727. The Morgan fingerprint density at radius 1 is 1.50 bits per heavy atom. The van der Waals surface area contributed by atoms with Crippen LogP contribution < -0.4 is 5.32 Å². The Morgan fingerprint density at radius 2 is 2.06 bits per heavy atom. The summed E-state index contributed by atoms with van der Waals surface area (Å²) in [5, 5.41) is 2.24. The third kappa shape index (κ3) is 2.08. The van der Waals surface area contributed by atoms with E-state index in [9.17, 15) is 14.4 Å². The van der Waals surface area contributed by atoms with E-state index in [2.05, 4.69) is 5.32 Å². The van der Waals surface area contributed by atoms with Gasteiger partial charge in [0, 0.05) is 5.92 Å². The summed E-state index contributed by atoms with van der Waals surface area (Å²) in [7, 11) is 0. The number of amides is 3. The van der Waals surface area contributed by atoms with E-state index in [4.69, 9.17) is 0 Å². The summed E-state index contributed by atoms with van der Waals surface area (Å²) in [6, 6.07) is 0. The number of piperazine rings is 1. The van der Waals surface area contributed by atoms with Crippen molar-refractivity contribution < 1.29 is 14.4 Å². The van der Waals surface area contributed by atoms with Gasteiger partial charge in [0.15, 0.2) is 0 Å². The lowest BCUT2D eigenvalue weighted by atomic mass is 9.95. The monoisotopic (exact) mass is 226 g/mol. The Kier molecular flexibility index (Phi) is 3.35. The van der Waals surface area contributed by atoms with E-state index in [1.54, 1.807) is 20.8 Å². The smallest absolute Gasteiger partial charge is 0.252 e. The number of hydrogen-bond donors (Lipinski definition) is 1. The number of nitrogens with one attached hydrogen (secondary N) is 1. The quantitative estimate of drug-likeness (QED) is 0.688. The molecule has 0 aliphatic carbocycles. The molecule has 1 unspecified atom stereocenters. The second-order valence-electron chi connectivity index (χ2n) is 4.67. The highest BCUT2D eigenvalue weighted by Gasteiger charge is 2.44. The first-order valence-electron chi connectivity index (χ1n) is 5.46. The summed E-state index contributed by atoms with van der Waals surface area (Å²) in [6.45, 7) is 6.96. The molecule has 1 saturated heterocycles. The third-order valence-electron chi connectivity index (χ3n) is 3.09. The molecule has 0 aromatic rings. The molecule has 90 valence electrons. The molecule has 5 nitrogen and oxygen atoms in total. The van der Waals surface area contributed by atoms with Gasteiger partial charge in [0.25, 0.3) is 5.91 Å². The van der Waals surface area contributed by atoms with E-state index in [-0.39, 0.29) is 18.4 Å². The number of rotatable bonds is 2. The maximum atomic E-state index is 12.0. The van der Waals surface area contributed by atoms with Crippen molar-refractivity contribution in [1.29, 1.82) is 0 Å². The normalized spacial score (nSPS) is 21.6. The Hall–Kier alpha value is -1.39. The SMILES string of the molecule is CCC(C)C(=O)N1CC(=O)NC(=O)C1(C)C. The van der Waals surface area contributed by atoms with E-state index in [0.29, 0.717) is 6.42 Å². The van der Waals surface area contributed by atoms with Crippen LogP contribution in [-0.2, 0) is 14.4 Å². The summed E-state index contributed by atoms with van der Waals surface area (Å²) in [6.07, 6.45) is 0.696. The van der Waals surface area contributed by atoms with E-state index in [1.807, 2.05) is 6.92 Å². The molecule has 1 rings (SSSR count). The first kappa shape index (κ1) is 12.7. The molecule has 5 heteroatoms. The minimum absolute atomic E-state index is 0.0398. The molecule has 0 aromatic carbocycles. The lowest BCUT2D eigenvalue weighted by Crippen LogP contribution is -2.66. The molecule has 1 N–H and O–H groups in total. The van der Waals surface area contributed by atoms with E-state index in [0.717, 1.165) is 0 Å². The molecule has 1 aliphatic rings. The molecule has 16 heavy (non-hydrogen) atoms. The predicted octanol–water partition coefficient (Wildman–Crippen LogP) is 0.296. The minimum atomic E-state index is -0.950. The van der Waals surface area contributed by atoms with E-state index >= 15 is 0 Å². The van der Waals surface area contributed by atoms with Crippen LogP contribution >= 0.6 is 0 Å². The van der Waals surface area contributed by atoms with Gasteiger partial charge < -0.3 is 4.90 Å². The van der Waals surface area contributed by atoms with Crippen LogP contribution in [-0.4, -0.2) is 34.7 Å². The van der Waals surface area contributed by atoms with Crippen LogP contribution in [0.3, 0.4) is 0 Å². The standard InChI is InChI=1S/C11H18N2O3/c1-5-7(2)9(15)13-6-8(14)12-10(16)11(13,3)4/h7H,5-6H2,1-4H3,(H,12,14,16). The number of imide groups is 1. The van der Waals surface area contributed by atoms with Crippen LogP contribution in [0.25, 0.3) is 0 Å². The molecule has 0 radical (unpaired) electrons. The van der Waals surface area contributed by atoms with Crippen molar-refractivity contribution in [2.45, 2.75) is 39.7 Å². The summed E-state index contributed by atoms with van der Waals surface area (Å²) in [4.78, 5) is 36.3. The topological polar surface area (TPSA) is 66.5 Å². The van der Waals surface area contributed by atoms with Crippen LogP contribution in [0.2, 0.25) is 0 Å². The number of carbonyl (C=O) groups is 3. The van der Waals surface area contributed by atoms with Gasteiger partial charge in [0.05, 0.1) is 0 Å². The highest BCUT2D eigenvalue weighted by Crippen LogP contribution is 2.21. The van der Waals surface area contributed by atoms with Crippen molar-refractivity contribution >= 4 is 17.7 Å². The molecule has 1 aliphatic heterocycles. The number of nitrogens with zero attached hydrogens (tertiary/aromatic N) is 1. The average Bonchev–Trinajstić information content (AvgIpc) is 2.21. The highest BCUT2D eigenvalue weighted by atomic mass is 16.2. The molecule has 1 heterocycles. The molecule has 0 saturated carbocycles. The second kappa shape index (κ2) is 4.23. The third-order valence-corrected chi connectivity index (χ3v) is 3.09. The van der Waals surface area contributed by atoms with Gasteiger partial charge in [-0.1, -0.05) is 13.8 Å². The molecule has 1 fully saturated rings. The van der Waals surface area contributed by atoms with Crippen LogP contribution in [0.15, 0.2) is 0 Å². The molecule has 0 aromatic heterocycles. The molecule has 0 spiro atoms. The van der Waals surface area contributed by atoms with E-state index in [1.165, 1.54) is 4.90 Å². The summed E-state index contributed by atoms with van der Waals surface area (Å²) >= 11 is 0. The van der Waals surface area contributed by atoms with Gasteiger partial charge in [-0.25, -0.2) is 0 Å². The van der Waals surface area contributed by atoms with Gasteiger partial charge in [-0.15, -0.1) is 0 Å². The first-order valence-corrected chi connectivity index (χ1v) is 5.46. The fourth-order valence-electron chi connectivity index (χ4n) is 1.58. The van der Waals surface area contributed by atoms with Gasteiger partial charge in [0.1, 0.15) is 12.1 Å². The minimum Gasteiger partial charge on any atom is -0.319 e. The zero-order valence-electron chi connectivity index (χ0n) is 10.2. The fourth-order valence-corrected chi connectivity index (χ4v) is 1.58. The van der Waals surface area contributed by atoms with Crippen molar-refractivity contribution in [3.8, 4) is 0 Å². The van der Waals surface area contributed by atoms with Crippen LogP contribution in [0.1, 0.15) is 34.1 Å². The van der Waals surface area contributed by atoms with Gasteiger partial charge in [0.2, 0.25) is 11.8 Å². The maximum absolute atomic E-state index is 12.0. The summed E-state index contributed by atoms with van der Waals surface area (Å²) in [5.41, 5.74) is -0.950. The van der Waals surface area contributed by atoms with Crippen molar-refractivity contribution in [3.63, 3.8) is 0 Å². The lowest BCUT2D eigenvalue weighted by molar-refractivity contribution is -0.157. The number of carbonyl (C=O) groups excluding carboxylic acids is 3. The van der Waals surface area contributed by atoms with Crippen molar-refractivity contribution in [2.75, 3.05) is 6.54 Å². The highest BCUT2D eigenvalue weighted by molar-refractivity contribution is 6.06. The zero-order chi connectivity index (χ0) is 12.5. The Balaban J connectivity index is 2.96. The van der Waals surface area contributed by atoms with Gasteiger partial charge >= 0.3 is 0 Å².